The molecule has 9 atom stereocenters. The van der Waals surface area contributed by atoms with Crippen molar-refractivity contribution >= 4 is 8.80 Å². The first-order valence-corrected chi connectivity index (χ1v) is 12.4. The lowest BCUT2D eigenvalue weighted by Gasteiger charge is -2.43. The van der Waals surface area contributed by atoms with Crippen LogP contribution in [0.1, 0.15) is 53.9 Å². The average Bonchev–Trinajstić information content (AvgIpc) is 3.22. The fraction of sp³-hybridized carbons (Fsp3) is 1.00. The molecular weight excluding hydrogens is 332 g/mol. The Bertz CT molecular complexity index is 469. The van der Waals surface area contributed by atoms with Gasteiger partial charge in [-0.15, -0.1) is 0 Å². The van der Waals surface area contributed by atoms with Gasteiger partial charge >= 0.3 is 8.80 Å². The van der Waals surface area contributed by atoms with Crippen LogP contribution in [0.15, 0.2) is 0 Å². The van der Waals surface area contributed by atoms with Gasteiger partial charge in [0.1, 0.15) is 0 Å². The maximum Gasteiger partial charge on any atom is 0.504 e. The van der Waals surface area contributed by atoms with Gasteiger partial charge < -0.3 is 18.0 Å². The zero-order valence-corrected chi connectivity index (χ0v) is 17.6. The van der Waals surface area contributed by atoms with Gasteiger partial charge in [-0.05, 0) is 75.5 Å². The van der Waals surface area contributed by atoms with E-state index in [-0.39, 0.29) is 0 Å². The Morgan fingerprint density at radius 1 is 0.880 bits per heavy atom. The molecule has 0 radical (unpaired) electrons. The van der Waals surface area contributed by atoms with Gasteiger partial charge in [0.2, 0.25) is 0 Å². The standard InChI is InChI=1S/C20H36O4Si/c1-6-21-25(22-7-2,23-8-3)13(5)15-9-14-12(4)20(15)17-11-19-18(24-19)10-16(14)17/h12-20H,6-11H2,1-5H3. The molecule has 0 amide bonds. The Balaban J connectivity index is 1.56. The van der Waals surface area contributed by atoms with Crippen molar-refractivity contribution in [2.24, 2.45) is 35.5 Å². The van der Waals surface area contributed by atoms with Gasteiger partial charge in [0, 0.05) is 25.4 Å². The van der Waals surface area contributed by atoms with Crippen molar-refractivity contribution in [3.8, 4) is 0 Å². The molecule has 4 fully saturated rings. The summed E-state index contributed by atoms with van der Waals surface area (Å²) in [5.74, 6) is 4.99. The Hall–Kier alpha value is 0.0569. The average molecular weight is 369 g/mol. The van der Waals surface area contributed by atoms with Gasteiger partial charge in [0.15, 0.2) is 0 Å². The summed E-state index contributed by atoms with van der Waals surface area (Å²) >= 11 is 0. The third kappa shape index (κ3) is 2.85. The van der Waals surface area contributed by atoms with E-state index in [1.807, 2.05) is 0 Å². The lowest BCUT2D eigenvalue weighted by molar-refractivity contribution is 0.0401. The van der Waals surface area contributed by atoms with E-state index in [2.05, 4.69) is 34.6 Å². The first-order valence-electron chi connectivity index (χ1n) is 10.6. The van der Waals surface area contributed by atoms with Crippen LogP contribution in [0.25, 0.3) is 0 Å². The van der Waals surface area contributed by atoms with Crippen molar-refractivity contribution in [3.05, 3.63) is 0 Å². The van der Waals surface area contributed by atoms with Crippen molar-refractivity contribution in [1.29, 1.82) is 0 Å². The second kappa shape index (κ2) is 6.90. The van der Waals surface area contributed by atoms with Gasteiger partial charge in [-0.3, -0.25) is 0 Å². The monoisotopic (exact) mass is 368 g/mol. The molecule has 4 aliphatic rings. The number of rotatable bonds is 8. The molecule has 144 valence electrons. The minimum absolute atomic E-state index is 0.392. The molecule has 0 aromatic carbocycles. The molecule has 1 aliphatic heterocycles. The highest BCUT2D eigenvalue weighted by Gasteiger charge is 2.66. The summed E-state index contributed by atoms with van der Waals surface area (Å²) in [5, 5.41) is 0. The van der Waals surface area contributed by atoms with Gasteiger partial charge in [-0.2, -0.15) is 0 Å². The topological polar surface area (TPSA) is 40.2 Å². The number of ether oxygens (including phenoxy) is 1. The zero-order chi connectivity index (χ0) is 17.8. The smallest absolute Gasteiger partial charge is 0.374 e. The van der Waals surface area contributed by atoms with Crippen LogP contribution in [0.4, 0.5) is 0 Å². The van der Waals surface area contributed by atoms with Crippen LogP contribution >= 0.6 is 0 Å². The van der Waals surface area contributed by atoms with E-state index in [1.54, 1.807) is 0 Å². The first kappa shape index (κ1) is 18.4. The van der Waals surface area contributed by atoms with Crippen LogP contribution in [0.5, 0.6) is 0 Å². The largest absolute Gasteiger partial charge is 0.504 e. The van der Waals surface area contributed by atoms with Gasteiger partial charge in [-0.25, -0.2) is 0 Å². The molecule has 1 heterocycles. The SMILES string of the molecule is CCO[Si](OCC)(OCC)C(C)C1CC2C(C)C1C1CC3OC3CC21. The molecule has 4 nitrogen and oxygen atoms in total. The first-order chi connectivity index (χ1) is 12.1. The summed E-state index contributed by atoms with van der Waals surface area (Å²) in [6.45, 7) is 13.1. The van der Waals surface area contributed by atoms with Crippen molar-refractivity contribution in [3.63, 3.8) is 0 Å². The highest BCUT2D eigenvalue weighted by Crippen LogP contribution is 2.67. The maximum atomic E-state index is 6.26. The molecule has 25 heavy (non-hydrogen) atoms. The fourth-order valence-corrected chi connectivity index (χ4v) is 10.1. The van der Waals surface area contributed by atoms with E-state index in [1.165, 1.54) is 19.3 Å². The minimum atomic E-state index is -2.63. The molecular formula is C20H36O4Si. The predicted molar refractivity (Wildman–Crippen MR) is 99.2 cm³/mol. The Morgan fingerprint density at radius 3 is 2.00 bits per heavy atom. The van der Waals surface area contributed by atoms with Crippen molar-refractivity contribution in [2.45, 2.75) is 71.6 Å². The summed E-state index contributed by atoms with van der Waals surface area (Å²) in [4.78, 5) is 0. The van der Waals surface area contributed by atoms with Gasteiger partial charge in [0.25, 0.3) is 0 Å². The van der Waals surface area contributed by atoms with E-state index >= 15 is 0 Å². The molecule has 0 N–H and O–H groups in total. The molecule has 3 aliphatic carbocycles. The normalized spacial score (nSPS) is 46.0. The van der Waals surface area contributed by atoms with Crippen molar-refractivity contribution in [2.75, 3.05) is 19.8 Å². The molecule has 0 spiro atoms. The molecule has 1 saturated heterocycles. The van der Waals surface area contributed by atoms with Crippen LogP contribution in [0.3, 0.4) is 0 Å². The lowest BCUT2D eigenvalue weighted by atomic mass is 9.67. The highest BCUT2D eigenvalue weighted by molar-refractivity contribution is 6.62. The van der Waals surface area contributed by atoms with Crippen molar-refractivity contribution in [1.82, 2.24) is 0 Å². The van der Waals surface area contributed by atoms with Crippen molar-refractivity contribution < 1.29 is 18.0 Å². The van der Waals surface area contributed by atoms with Crippen LogP contribution in [-0.4, -0.2) is 40.8 Å². The quantitative estimate of drug-likeness (QED) is 0.477. The van der Waals surface area contributed by atoms with E-state index in [4.69, 9.17) is 18.0 Å². The summed E-state index contributed by atoms with van der Waals surface area (Å²) in [6.07, 6.45) is 5.15. The van der Waals surface area contributed by atoms with Crippen LogP contribution in [0, 0.1) is 35.5 Å². The summed E-state index contributed by atoms with van der Waals surface area (Å²) in [5.41, 5.74) is 0.392. The number of hydrogen-bond acceptors (Lipinski definition) is 4. The van der Waals surface area contributed by atoms with Gasteiger partial charge in [0.05, 0.1) is 12.2 Å². The van der Waals surface area contributed by atoms with Gasteiger partial charge in [-0.1, -0.05) is 13.8 Å². The number of epoxide rings is 1. The Kier molecular flexibility index (Phi) is 5.08. The molecule has 0 aromatic heterocycles. The van der Waals surface area contributed by atoms with E-state index in [9.17, 15) is 0 Å². The predicted octanol–water partition coefficient (Wildman–Crippen LogP) is 4.12. The van der Waals surface area contributed by atoms with Crippen LogP contribution in [-0.2, 0) is 18.0 Å². The molecule has 4 rings (SSSR count). The molecule has 0 aromatic rings. The molecule has 9 unspecified atom stereocenters. The molecule has 5 heteroatoms. The number of hydrogen-bond donors (Lipinski definition) is 0. The van der Waals surface area contributed by atoms with Crippen LogP contribution in [0.2, 0.25) is 5.54 Å². The summed E-state index contributed by atoms with van der Waals surface area (Å²) in [7, 11) is -2.63. The van der Waals surface area contributed by atoms with E-state index in [0.717, 1.165) is 29.6 Å². The zero-order valence-electron chi connectivity index (χ0n) is 16.6. The fourth-order valence-electron chi connectivity index (χ4n) is 6.97. The van der Waals surface area contributed by atoms with E-state index < -0.39 is 8.80 Å². The maximum absolute atomic E-state index is 6.26. The number of fused-ring (bicyclic) bond motifs is 6. The van der Waals surface area contributed by atoms with Crippen LogP contribution < -0.4 is 0 Å². The minimum Gasteiger partial charge on any atom is -0.374 e. The lowest BCUT2D eigenvalue weighted by Crippen LogP contribution is -2.53. The Labute approximate surface area is 154 Å². The summed E-state index contributed by atoms with van der Waals surface area (Å²) < 4.78 is 24.7. The molecule has 2 bridgehead atoms. The highest BCUT2D eigenvalue weighted by atomic mass is 28.4. The second-order valence-corrected chi connectivity index (χ2v) is 11.7. The third-order valence-electron chi connectivity index (χ3n) is 7.85. The Morgan fingerprint density at radius 2 is 1.44 bits per heavy atom. The third-order valence-corrected chi connectivity index (χ3v) is 11.5. The molecule has 3 saturated carbocycles. The summed E-state index contributed by atoms with van der Waals surface area (Å²) in [6, 6.07) is 0. The van der Waals surface area contributed by atoms with E-state index in [0.29, 0.717) is 43.5 Å². The second-order valence-electron chi connectivity index (χ2n) is 8.70.